The Kier molecular flexibility index (Phi) is 10.3. The highest BCUT2D eigenvalue weighted by Gasteiger charge is 2.29. The molecule has 2 amide bonds. The molecule has 0 radical (unpaired) electrons. The molecule has 0 bridgehead atoms. The van der Waals surface area contributed by atoms with Gasteiger partial charge in [-0.15, -0.1) is 0 Å². The predicted octanol–water partition coefficient (Wildman–Crippen LogP) is 2.71. The summed E-state index contributed by atoms with van der Waals surface area (Å²) >= 11 is 0. The van der Waals surface area contributed by atoms with E-state index in [0.29, 0.717) is 19.1 Å². The van der Waals surface area contributed by atoms with Gasteiger partial charge in [-0.2, -0.15) is 0 Å². The molecule has 0 aromatic rings. The summed E-state index contributed by atoms with van der Waals surface area (Å²) in [6.45, 7) is 9.83. The maximum atomic E-state index is 12.5. The highest BCUT2D eigenvalue weighted by molar-refractivity contribution is 5.81. The van der Waals surface area contributed by atoms with E-state index in [0.717, 1.165) is 38.9 Å². The molecule has 6 heteroatoms. The lowest BCUT2D eigenvalue weighted by Gasteiger charge is -2.35. The first kappa shape index (κ1) is 23.1. The number of piperidine rings is 1. The van der Waals surface area contributed by atoms with Crippen molar-refractivity contribution in [2.75, 3.05) is 32.8 Å². The molecule has 2 rings (SSSR count). The third-order valence-electron chi connectivity index (χ3n) is 6.19. The summed E-state index contributed by atoms with van der Waals surface area (Å²) in [5.41, 5.74) is 0. The van der Waals surface area contributed by atoms with Crippen molar-refractivity contribution in [1.29, 1.82) is 0 Å². The van der Waals surface area contributed by atoms with Crippen LogP contribution in [-0.4, -0.2) is 61.6 Å². The van der Waals surface area contributed by atoms with Gasteiger partial charge in [0.2, 0.25) is 11.8 Å². The van der Waals surface area contributed by atoms with Gasteiger partial charge in [-0.05, 0) is 71.9 Å². The van der Waals surface area contributed by atoms with Crippen LogP contribution in [-0.2, 0) is 14.3 Å². The SMILES string of the molecule is CC(C)OCCCNC(=O)C1CCN(C(C)C(=O)NCC2CCCCC2)CC1. The number of rotatable bonds is 10. The Labute approximate surface area is 171 Å². The molecule has 2 aliphatic rings. The van der Waals surface area contributed by atoms with Crippen LogP contribution in [0.2, 0.25) is 0 Å². The zero-order valence-electron chi connectivity index (χ0n) is 18.2. The van der Waals surface area contributed by atoms with Crippen molar-refractivity contribution in [1.82, 2.24) is 15.5 Å². The van der Waals surface area contributed by atoms with Gasteiger partial charge in [0.15, 0.2) is 0 Å². The van der Waals surface area contributed by atoms with Crippen LogP contribution in [0.5, 0.6) is 0 Å². The van der Waals surface area contributed by atoms with Crippen molar-refractivity contribution in [3.05, 3.63) is 0 Å². The van der Waals surface area contributed by atoms with Gasteiger partial charge in [0.25, 0.3) is 0 Å². The monoisotopic (exact) mass is 395 g/mol. The van der Waals surface area contributed by atoms with Crippen LogP contribution in [0.4, 0.5) is 0 Å². The number of carbonyl (C=O) groups is 2. The third kappa shape index (κ3) is 8.08. The van der Waals surface area contributed by atoms with Crippen molar-refractivity contribution in [2.45, 2.75) is 84.3 Å². The van der Waals surface area contributed by atoms with Gasteiger partial charge in [-0.1, -0.05) is 19.3 Å². The van der Waals surface area contributed by atoms with E-state index in [2.05, 4.69) is 15.5 Å². The molecule has 1 atom stereocenters. The quantitative estimate of drug-likeness (QED) is 0.558. The summed E-state index contributed by atoms with van der Waals surface area (Å²) in [6.07, 6.45) is 9.19. The number of likely N-dealkylation sites (tertiary alicyclic amines) is 1. The first-order valence-electron chi connectivity index (χ1n) is 11.4. The Morgan fingerprint density at radius 1 is 1.00 bits per heavy atom. The van der Waals surface area contributed by atoms with E-state index in [1.165, 1.54) is 32.1 Å². The molecule has 6 nitrogen and oxygen atoms in total. The number of nitrogens with zero attached hydrogens (tertiary/aromatic N) is 1. The second-order valence-electron chi connectivity index (χ2n) is 8.80. The number of nitrogens with one attached hydrogen (secondary N) is 2. The lowest BCUT2D eigenvalue weighted by atomic mass is 9.89. The summed E-state index contributed by atoms with van der Waals surface area (Å²) in [5.74, 6) is 1.02. The molecule has 162 valence electrons. The summed E-state index contributed by atoms with van der Waals surface area (Å²) in [5, 5.41) is 6.19. The average molecular weight is 396 g/mol. The van der Waals surface area contributed by atoms with Crippen molar-refractivity contribution in [3.63, 3.8) is 0 Å². The van der Waals surface area contributed by atoms with E-state index in [1.807, 2.05) is 20.8 Å². The lowest BCUT2D eigenvalue weighted by molar-refractivity contribution is -0.128. The molecule has 1 unspecified atom stereocenters. The van der Waals surface area contributed by atoms with Gasteiger partial charge in [0, 0.05) is 25.6 Å². The fourth-order valence-corrected chi connectivity index (χ4v) is 4.25. The minimum absolute atomic E-state index is 0.0692. The van der Waals surface area contributed by atoms with E-state index in [1.54, 1.807) is 0 Å². The molecule has 1 heterocycles. The molecule has 0 spiro atoms. The summed E-state index contributed by atoms with van der Waals surface area (Å²) < 4.78 is 5.49. The zero-order chi connectivity index (χ0) is 20.4. The Hall–Kier alpha value is -1.14. The van der Waals surface area contributed by atoms with Crippen molar-refractivity contribution in [2.24, 2.45) is 11.8 Å². The van der Waals surface area contributed by atoms with E-state index in [4.69, 9.17) is 4.74 Å². The second kappa shape index (κ2) is 12.4. The van der Waals surface area contributed by atoms with Crippen LogP contribution in [0, 0.1) is 11.8 Å². The first-order chi connectivity index (χ1) is 13.5. The van der Waals surface area contributed by atoms with Gasteiger partial charge >= 0.3 is 0 Å². The van der Waals surface area contributed by atoms with Crippen LogP contribution < -0.4 is 10.6 Å². The highest BCUT2D eigenvalue weighted by Crippen LogP contribution is 2.23. The molecule has 0 aromatic carbocycles. The Balaban J connectivity index is 1.60. The Morgan fingerprint density at radius 3 is 2.32 bits per heavy atom. The first-order valence-corrected chi connectivity index (χ1v) is 11.4. The van der Waals surface area contributed by atoms with Crippen molar-refractivity contribution in [3.8, 4) is 0 Å². The fourth-order valence-electron chi connectivity index (χ4n) is 4.25. The molecular formula is C22H41N3O3. The summed E-state index contributed by atoms with van der Waals surface area (Å²) in [7, 11) is 0. The number of carbonyl (C=O) groups excluding carboxylic acids is 2. The van der Waals surface area contributed by atoms with Gasteiger partial charge in [-0.25, -0.2) is 0 Å². The van der Waals surface area contributed by atoms with Crippen LogP contribution in [0.25, 0.3) is 0 Å². The number of ether oxygens (including phenoxy) is 1. The molecule has 1 aliphatic carbocycles. The maximum absolute atomic E-state index is 12.5. The second-order valence-corrected chi connectivity index (χ2v) is 8.80. The molecular weight excluding hydrogens is 354 g/mol. The number of amides is 2. The molecule has 2 N–H and O–H groups in total. The highest BCUT2D eigenvalue weighted by atomic mass is 16.5. The molecule has 1 saturated carbocycles. The number of hydrogen-bond donors (Lipinski definition) is 2. The average Bonchev–Trinajstić information content (AvgIpc) is 2.71. The van der Waals surface area contributed by atoms with E-state index >= 15 is 0 Å². The van der Waals surface area contributed by atoms with Crippen LogP contribution in [0.3, 0.4) is 0 Å². The standard InChI is InChI=1S/C22H41N3O3/c1-17(2)28-15-7-12-23-22(27)20-10-13-25(14-11-20)18(3)21(26)24-16-19-8-5-4-6-9-19/h17-20H,4-16H2,1-3H3,(H,23,27)(H,24,26). The largest absolute Gasteiger partial charge is 0.379 e. The van der Waals surface area contributed by atoms with Gasteiger partial charge < -0.3 is 15.4 Å². The molecule has 1 aliphatic heterocycles. The van der Waals surface area contributed by atoms with Crippen LogP contribution >= 0.6 is 0 Å². The maximum Gasteiger partial charge on any atom is 0.237 e. The summed E-state index contributed by atoms with van der Waals surface area (Å²) in [4.78, 5) is 27.1. The molecule has 1 saturated heterocycles. The predicted molar refractivity (Wildman–Crippen MR) is 112 cm³/mol. The minimum atomic E-state index is -0.110. The normalized spacial score (nSPS) is 20.9. The molecule has 0 aromatic heterocycles. The van der Waals surface area contributed by atoms with E-state index in [9.17, 15) is 9.59 Å². The Bertz CT molecular complexity index is 470. The van der Waals surface area contributed by atoms with Gasteiger partial charge in [-0.3, -0.25) is 14.5 Å². The summed E-state index contributed by atoms with van der Waals surface area (Å²) in [6, 6.07) is -0.110. The topological polar surface area (TPSA) is 70.7 Å². The third-order valence-corrected chi connectivity index (χ3v) is 6.19. The van der Waals surface area contributed by atoms with Crippen molar-refractivity contribution >= 4 is 11.8 Å². The van der Waals surface area contributed by atoms with Gasteiger partial charge in [0.1, 0.15) is 0 Å². The van der Waals surface area contributed by atoms with E-state index < -0.39 is 0 Å². The molecule has 28 heavy (non-hydrogen) atoms. The number of hydrogen-bond acceptors (Lipinski definition) is 4. The fraction of sp³-hybridized carbons (Fsp3) is 0.909. The van der Waals surface area contributed by atoms with Crippen LogP contribution in [0.15, 0.2) is 0 Å². The van der Waals surface area contributed by atoms with Crippen molar-refractivity contribution < 1.29 is 14.3 Å². The van der Waals surface area contributed by atoms with Gasteiger partial charge in [0.05, 0.1) is 12.1 Å². The smallest absolute Gasteiger partial charge is 0.237 e. The Morgan fingerprint density at radius 2 is 1.68 bits per heavy atom. The molecule has 2 fully saturated rings. The lowest BCUT2D eigenvalue weighted by Crippen LogP contribution is -2.50. The van der Waals surface area contributed by atoms with Crippen LogP contribution in [0.1, 0.15) is 72.1 Å². The zero-order valence-corrected chi connectivity index (χ0v) is 18.2. The minimum Gasteiger partial charge on any atom is -0.379 e. The van der Waals surface area contributed by atoms with E-state index in [-0.39, 0.29) is 29.9 Å².